The van der Waals surface area contributed by atoms with Gasteiger partial charge in [-0.3, -0.25) is 19.5 Å². The number of benzene rings is 2. The summed E-state index contributed by atoms with van der Waals surface area (Å²) >= 11 is 1.17. The molecule has 0 fully saturated rings. The number of carbonyl (C=O) groups is 2. The van der Waals surface area contributed by atoms with Gasteiger partial charge in [-0.05, 0) is 49.8 Å². The average Bonchev–Trinajstić information content (AvgIpc) is 2.87. The minimum absolute atomic E-state index is 0.0216. The summed E-state index contributed by atoms with van der Waals surface area (Å²) in [5.41, 5.74) is 2.81. The molecule has 3 aromatic rings. The number of hydrogen-bond acceptors (Lipinski definition) is 5. The van der Waals surface area contributed by atoms with Crippen LogP contribution in [-0.4, -0.2) is 27.2 Å². The molecule has 7 nitrogen and oxygen atoms in total. The van der Waals surface area contributed by atoms with Crippen LogP contribution in [0.2, 0.25) is 0 Å². The van der Waals surface area contributed by atoms with Crippen LogP contribution in [0.25, 0.3) is 10.9 Å². The predicted molar refractivity (Wildman–Crippen MR) is 135 cm³/mol. The number of carbonyl (C=O) groups excluding carboxylic acids is 2. The molecule has 0 spiro atoms. The van der Waals surface area contributed by atoms with Crippen molar-refractivity contribution in [3.05, 3.63) is 82.2 Å². The number of imide groups is 1. The summed E-state index contributed by atoms with van der Waals surface area (Å²) in [6.07, 6.45) is 7.63. The molecule has 34 heavy (non-hydrogen) atoms. The molecule has 3 amide bonds. The maximum atomic E-state index is 13.2. The third-order valence-corrected chi connectivity index (χ3v) is 6.73. The molecule has 0 atom stereocenters. The van der Waals surface area contributed by atoms with E-state index in [0.29, 0.717) is 29.1 Å². The maximum Gasteiger partial charge on any atom is 0.321 e. The predicted octanol–water partition coefficient (Wildman–Crippen LogP) is 4.41. The lowest BCUT2D eigenvalue weighted by Gasteiger charge is -2.16. The van der Waals surface area contributed by atoms with Crippen molar-refractivity contribution in [1.29, 1.82) is 0 Å². The topological polar surface area (TPSA) is 93.1 Å². The van der Waals surface area contributed by atoms with Gasteiger partial charge in [-0.15, -0.1) is 0 Å². The van der Waals surface area contributed by atoms with Gasteiger partial charge < -0.3 is 5.32 Å². The first-order chi connectivity index (χ1) is 16.6. The smallest absolute Gasteiger partial charge is 0.321 e. The number of amides is 3. The van der Waals surface area contributed by atoms with E-state index in [4.69, 9.17) is 0 Å². The molecule has 176 valence electrons. The molecule has 8 heteroatoms. The number of urea groups is 1. The highest BCUT2D eigenvalue weighted by Gasteiger charge is 2.15. The lowest BCUT2D eigenvalue weighted by molar-refractivity contribution is -0.117. The van der Waals surface area contributed by atoms with Crippen molar-refractivity contribution in [2.75, 3.05) is 5.75 Å². The summed E-state index contributed by atoms with van der Waals surface area (Å²) in [7, 11) is 0. The Balaban J connectivity index is 1.41. The van der Waals surface area contributed by atoms with Crippen molar-refractivity contribution in [2.24, 2.45) is 0 Å². The van der Waals surface area contributed by atoms with E-state index < -0.39 is 11.9 Å². The molecular weight excluding hydrogens is 448 g/mol. The number of fused-ring (bicyclic) bond motifs is 1. The van der Waals surface area contributed by atoms with Crippen molar-refractivity contribution >= 4 is 34.6 Å². The summed E-state index contributed by atoms with van der Waals surface area (Å²) in [6.45, 7) is 0.846. The van der Waals surface area contributed by atoms with Crippen molar-refractivity contribution in [2.45, 2.75) is 50.4 Å². The Bertz CT molecular complexity index is 1250. The second-order valence-corrected chi connectivity index (χ2v) is 9.17. The van der Waals surface area contributed by atoms with Crippen LogP contribution >= 0.6 is 11.8 Å². The van der Waals surface area contributed by atoms with Gasteiger partial charge in [0.2, 0.25) is 5.91 Å². The van der Waals surface area contributed by atoms with Crippen LogP contribution in [0.15, 0.2) is 76.2 Å². The number of para-hydroxylation sites is 1. The molecule has 0 radical (unpaired) electrons. The molecule has 1 aliphatic carbocycles. The van der Waals surface area contributed by atoms with Gasteiger partial charge in [0.15, 0.2) is 5.16 Å². The fourth-order valence-electron chi connectivity index (χ4n) is 3.96. The maximum absolute atomic E-state index is 13.2. The Hall–Kier alpha value is -3.39. The van der Waals surface area contributed by atoms with E-state index >= 15 is 0 Å². The molecule has 0 aliphatic heterocycles. The molecule has 2 N–H and O–H groups in total. The highest BCUT2D eigenvalue weighted by molar-refractivity contribution is 7.99. The van der Waals surface area contributed by atoms with Gasteiger partial charge >= 0.3 is 6.03 Å². The number of aromatic nitrogens is 2. The molecule has 4 rings (SSSR count). The molecule has 0 unspecified atom stereocenters. The van der Waals surface area contributed by atoms with Gasteiger partial charge in [-0.25, -0.2) is 9.78 Å². The van der Waals surface area contributed by atoms with Gasteiger partial charge in [0.05, 0.1) is 16.7 Å². The summed E-state index contributed by atoms with van der Waals surface area (Å²) < 4.78 is 1.66. The third-order valence-electron chi connectivity index (χ3n) is 5.75. The number of thioether (sulfide) groups is 1. The second-order valence-electron chi connectivity index (χ2n) is 8.23. The van der Waals surface area contributed by atoms with Crippen molar-refractivity contribution < 1.29 is 9.59 Å². The quantitative estimate of drug-likeness (QED) is 0.285. The minimum atomic E-state index is -0.553. The SMILES string of the molecule is O=C(CSc1nc2ccccc2c(=O)n1CCC1=CCCCC1)NC(=O)NCc1ccccc1. The number of allylic oxidation sites excluding steroid dienone is 2. The molecule has 0 bridgehead atoms. The van der Waals surface area contributed by atoms with Gasteiger partial charge in [-0.1, -0.05) is 65.9 Å². The number of nitrogens with one attached hydrogen (secondary N) is 2. The molecule has 1 aliphatic rings. The van der Waals surface area contributed by atoms with Crippen LogP contribution in [-0.2, 0) is 17.9 Å². The number of rotatable bonds is 8. The van der Waals surface area contributed by atoms with Crippen LogP contribution < -0.4 is 16.2 Å². The van der Waals surface area contributed by atoms with E-state index in [9.17, 15) is 14.4 Å². The number of hydrogen-bond donors (Lipinski definition) is 2. The Labute approximate surface area is 202 Å². The molecule has 2 aromatic carbocycles. The molecule has 0 saturated heterocycles. The largest absolute Gasteiger partial charge is 0.334 e. The molecule has 0 saturated carbocycles. The molecular formula is C26H28N4O3S. The lowest BCUT2D eigenvalue weighted by Crippen LogP contribution is -2.40. The van der Waals surface area contributed by atoms with Crippen LogP contribution in [0.1, 0.15) is 37.7 Å². The van der Waals surface area contributed by atoms with E-state index in [1.807, 2.05) is 42.5 Å². The van der Waals surface area contributed by atoms with Crippen LogP contribution in [0.3, 0.4) is 0 Å². The summed E-state index contributed by atoms with van der Waals surface area (Å²) in [6, 6.07) is 16.1. The zero-order chi connectivity index (χ0) is 23.8. The zero-order valence-electron chi connectivity index (χ0n) is 19.0. The lowest BCUT2D eigenvalue weighted by atomic mass is 9.97. The Morgan fingerprint density at radius 1 is 1.03 bits per heavy atom. The molecule has 1 heterocycles. The van der Waals surface area contributed by atoms with E-state index in [1.54, 1.807) is 16.7 Å². The van der Waals surface area contributed by atoms with E-state index in [0.717, 1.165) is 24.8 Å². The highest BCUT2D eigenvalue weighted by Crippen LogP contribution is 2.23. The fraction of sp³-hybridized carbons (Fsp3) is 0.308. The highest BCUT2D eigenvalue weighted by atomic mass is 32.2. The van der Waals surface area contributed by atoms with Gasteiger partial charge in [-0.2, -0.15) is 0 Å². The van der Waals surface area contributed by atoms with E-state index in [-0.39, 0.29) is 11.3 Å². The first kappa shape index (κ1) is 23.8. The molecule has 1 aromatic heterocycles. The van der Waals surface area contributed by atoms with Crippen molar-refractivity contribution in [3.63, 3.8) is 0 Å². The number of nitrogens with zero attached hydrogens (tertiary/aromatic N) is 2. The Kier molecular flexibility index (Phi) is 8.14. The summed E-state index contributed by atoms with van der Waals surface area (Å²) in [5.74, 6) is -0.466. The Morgan fingerprint density at radius 3 is 2.62 bits per heavy atom. The summed E-state index contributed by atoms with van der Waals surface area (Å²) in [5, 5.41) is 6.06. The first-order valence-corrected chi connectivity index (χ1v) is 12.5. The van der Waals surface area contributed by atoms with Crippen molar-refractivity contribution in [3.8, 4) is 0 Å². The summed E-state index contributed by atoms with van der Waals surface area (Å²) in [4.78, 5) is 42.3. The van der Waals surface area contributed by atoms with Crippen LogP contribution in [0.5, 0.6) is 0 Å². The van der Waals surface area contributed by atoms with Gasteiger partial charge in [0.1, 0.15) is 0 Å². The first-order valence-electron chi connectivity index (χ1n) is 11.5. The monoisotopic (exact) mass is 476 g/mol. The second kappa shape index (κ2) is 11.7. The zero-order valence-corrected chi connectivity index (χ0v) is 19.8. The van der Waals surface area contributed by atoms with Crippen LogP contribution in [0, 0.1) is 0 Å². The van der Waals surface area contributed by atoms with Gasteiger partial charge in [0, 0.05) is 13.1 Å². The van der Waals surface area contributed by atoms with E-state index in [1.165, 1.54) is 30.2 Å². The minimum Gasteiger partial charge on any atom is -0.334 e. The van der Waals surface area contributed by atoms with Gasteiger partial charge in [0.25, 0.3) is 5.56 Å². The average molecular weight is 477 g/mol. The van der Waals surface area contributed by atoms with Crippen molar-refractivity contribution in [1.82, 2.24) is 20.2 Å². The van der Waals surface area contributed by atoms with E-state index in [2.05, 4.69) is 21.7 Å². The fourth-order valence-corrected chi connectivity index (χ4v) is 4.78. The standard InChI is InChI=1S/C26H28N4O3S/c31-23(29-25(33)27-17-20-11-5-2-6-12-20)18-34-26-28-22-14-8-7-13-21(22)24(32)30(26)16-15-19-9-3-1-4-10-19/h2,5-9,11-14H,1,3-4,10,15-18H2,(H2,27,29,31,33). The van der Waals surface area contributed by atoms with Crippen LogP contribution in [0.4, 0.5) is 4.79 Å². The normalized spacial score (nSPS) is 13.4. The Morgan fingerprint density at radius 2 is 1.82 bits per heavy atom. The third kappa shape index (κ3) is 6.35.